The van der Waals surface area contributed by atoms with Crippen molar-refractivity contribution < 1.29 is 18.4 Å². The molecule has 2 aromatic carbocycles. The van der Waals surface area contributed by atoms with Crippen molar-refractivity contribution in [1.82, 2.24) is 0 Å². The Balaban J connectivity index is 2.33. The first kappa shape index (κ1) is 17.7. The van der Waals surface area contributed by atoms with Crippen molar-refractivity contribution in [3.8, 4) is 0 Å². The second-order valence-corrected chi connectivity index (χ2v) is 6.82. The van der Waals surface area contributed by atoms with E-state index in [0.29, 0.717) is 5.69 Å². The number of para-hydroxylation sites is 1. The van der Waals surface area contributed by atoms with Gasteiger partial charge in [0.05, 0.1) is 15.9 Å². The van der Waals surface area contributed by atoms with E-state index in [9.17, 15) is 23.6 Å². The highest BCUT2D eigenvalue weighted by molar-refractivity contribution is 7.92. The molecule has 0 heterocycles. The zero-order valence-electron chi connectivity index (χ0n) is 12.8. The molecule has 0 fully saturated rings. The van der Waals surface area contributed by atoms with Crippen LogP contribution in [0.25, 0.3) is 0 Å². The second-order valence-electron chi connectivity index (χ2n) is 5.14. The monoisotopic (exact) mass is 351 g/mol. The number of aliphatic hydroxyl groups excluding tert-OH is 1. The van der Waals surface area contributed by atoms with Crippen LogP contribution in [0, 0.1) is 10.1 Å². The molecule has 0 bridgehead atoms. The van der Waals surface area contributed by atoms with Crippen LogP contribution in [0.3, 0.4) is 0 Å². The maximum atomic E-state index is 12.4. The molecule has 0 aliphatic carbocycles. The summed E-state index contributed by atoms with van der Waals surface area (Å²) >= 11 is 0. The van der Waals surface area contributed by atoms with Crippen LogP contribution in [-0.4, -0.2) is 31.1 Å². The molecule has 0 saturated carbocycles. The highest BCUT2D eigenvalue weighted by Gasteiger charge is 2.21. The average Bonchev–Trinajstić information content (AvgIpc) is 2.53. The van der Waals surface area contributed by atoms with Crippen molar-refractivity contribution in [3.63, 3.8) is 0 Å². The molecule has 0 amide bonds. The Morgan fingerprint density at radius 3 is 2.46 bits per heavy atom. The Morgan fingerprint density at radius 1 is 1.21 bits per heavy atom. The molecule has 0 unspecified atom stereocenters. The maximum absolute atomic E-state index is 12.4. The van der Waals surface area contributed by atoms with E-state index in [2.05, 4.69) is 10.0 Å². The molecule has 9 heteroatoms. The summed E-state index contributed by atoms with van der Waals surface area (Å²) in [5.41, 5.74) is 0.114. The topological polar surface area (TPSA) is 122 Å². The Hall–Kier alpha value is -2.65. The Morgan fingerprint density at radius 2 is 1.88 bits per heavy atom. The smallest absolute Gasteiger partial charge is 0.293 e. The molecule has 1 atom stereocenters. The number of hydrogen-bond acceptors (Lipinski definition) is 6. The number of sulfonamides is 1. The fourth-order valence-corrected chi connectivity index (χ4v) is 3.04. The van der Waals surface area contributed by atoms with E-state index >= 15 is 0 Å². The van der Waals surface area contributed by atoms with Gasteiger partial charge in [-0.05, 0) is 31.2 Å². The van der Waals surface area contributed by atoms with E-state index in [1.165, 1.54) is 19.1 Å². The third-order valence-electron chi connectivity index (χ3n) is 3.09. The van der Waals surface area contributed by atoms with Crippen LogP contribution in [0.2, 0.25) is 0 Å². The lowest BCUT2D eigenvalue weighted by Crippen LogP contribution is -2.17. The van der Waals surface area contributed by atoms with Gasteiger partial charge in [-0.1, -0.05) is 18.2 Å². The van der Waals surface area contributed by atoms with E-state index < -0.39 is 21.1 Å². The molecule has 2 rings (SSSR count). The Bertz CT molecular complexity index is 822. The van der Waals surface area contributed by atoms with Gasteiger partial charge < -0.3 is 10.4 Å². The molecule has 3 N–H and O–H groups in total. The van der Waals surface area contributed by atoms with Crippen LogP contribution in [0.1, 0.15) is 6.92 Å². The molecule has 0 aliphatic rings. The number of benzene rings is 2. The van der Waals surface area contributed by atoms with Crippen molar-refractivity contribution in [1.29, 1.82) is 0 Å². The van der Waals surface area contributed by atoms with Gasteiger partial charge in [0, 0.05) is 18.3 Å². The Kier molecular flexibility index (Phi) is 5.37. The molecule has 24 heavy (non-hydrogen) atoms. The first-order valence-electron chi connectivity index (χ1n) is 7.08. The molecule has 0 aromatic heterocycles. The molecule has 128 valence electrons. The first-order valence-corrected chi connectivity index (χ1v) is 8.56. The molecule has 2 aromatic rings. The molecule has 0 saturated heterocycles. The number of nitrogens with one attached hydrogen (secondary N) is 2. The van der Waals surface area contributed by atoms with Gasteiger partial charge in [-0.15, -0.1) is 0 Å². The first-order chi connectivity index (χ1) is 11.3. The zero-order chi connectivity index (χ0) is 17.7. The van der Waals surface area contributed by atoms with Crippen LogP contribution < -0.4 is 10.0 Å². The number of nitro groups is 1. The third kappa shape index (κ3) is 4.43. The van der Waals surface area contributed by atoms with Gasteiger partial charge in [0.25, 0.3) is 15.7 Å². The number of rotatable bonds is 7. The fourth-order valence-electron chi connectivity index (χ4n) is 1.96. The fraction of sp³-hybridized carbons (Fsp3) is 0.200. The lowest BCUT2D eigenvalue weighted by Gasteiger charge is -2.11. The maximum Gasteiger partial charge on any atom is 0.293 e. The van der Waals surface area contributed by atoms with Gasteiger partial charge >= 0.3 is 0 Å². The predicted molar refractivity (Wildman–Crippen MR) is 90.5 cm³/mol. The van der Waals surface area contributed by atoms with Gasteiger partial charge in [0.15, 0.2) is 0 Å². The molecule has 0 spiro atoms. The van der Waals surface area contributed by atoms with E-state index in [-0.39, 0.29) is 22.8 Å². The summed E-state index contributed by atoms with van der Waals surface area (Å²) in [4.78, 5) is 10.3. The predicted octanol–water partition coefficient (Wildman–Crippen LogP) is 2.19. The lowest BCUT2D eigenvalue weighted by atomic mass is 10.2. The minimum Gasteiger partial charge on any atom is -0.392 e. The van der Waals surface area contributed by atoms with Crippen molar-refractivity contribution in [2.75, 3.05) is 16.6 Å². The van der Waals surface area contributed by atoms with Crippen LogP contribution in [0.15, 0.2) is 53.4 Å². The largest absolute Gasteiger partial charge is 0.392 e. The van der Waals surface area contributed by atoms with Gasteiger partial charge in [-0.3, -0.25) is 14.8 Å². The molecule has 8 nitrogen and oxygen atoms in total. The Labute approximate surface area is 139 Å². The van der Waals surface area contributed by atoms with Crippen molar-refractivity contribution in [2.24, 2.45) is 0 Å². The minimum atomic E-state index is -3.95. The standard InChI is InChI=1S/C15H17N3O5S/c1-11(19)10-16-14-8-7-13(9-15(14)18(20)21)24(22,23)17-12-5-3-2-4-6-12/h2-9,11,16-17,19H,10H2,1H3/t11-/m0/s1. The van der Waals surface area contributed by atoms with E-state index in [1.54, 1.807) is 30.3 Å². The van der Waals surface area contributed by atoms with Crippen molar-refractivity contribution in [3.05, 3.63) is 58.6 Å². The summed E-state index contributed by atoms with van der Waals surface area (Å²) in [6.07, 6.45) is -0.701. The molecule has 0 radical (unpaired) electrons. The summed E-state index contributed by atoms with van der Waals surface area (Å²) in [5.74, 6) is 0. The van der Waals surface area contributed by atoms with Gasteiger partial charge in [-0.2, -0.15) is 0 Å². The van der Waals surface area contributed by atoms with Gasteiger partial charge in [-0.25, -0.2) is 8.42 Å². The van der Waals surface area contributed by atoms with E-state index in [4.69, 9.17) is 0 Å². The highest BCUT2D eigenvalue weighted by Crippen LogP contribution is 2.28. The van der Waals surface area contributed by atoms with E-state index in [1.807, 2.05) is 0 Å². The van der Waals surface area contributed by atoms with Crippen LogP contribution >= 0.6 is 0 Å². The van der Waals surface area contributed by atoms with Crippen LogP contribution in [0.5, 0.6) is 0 Å². The zero-order valence-corrected chi connectivity index (χ0v) is 13.7. The van der Waals surface area contributed by atoms with Gasteiger partial charge in [0.1, 0.15) is 5.69 Å². The van der Waals surface area contributed by atoms with Crippen LogP contribution in [-0.2, 0) is 10.0 Å². The summed E-state index contributed by atoms with van der Waals surface area (Å²) in [7, 11) is -3.95. The quantitative estimate of drug-likeness (QED) is 0.519. The van der Waals surface area contributed by atoms with Crippen molar-refractivity contribution >= 4 is 27.1 Å². The SMILES string of the molecule is C[C@H](O)CNc1ccc(S(=O)(=O)Nc2ccccc2)cc1[N+](=O)[O-]. The minimum absolute atomic E-state index is 0.106. The van der Waals surface area contributed by atoms with Crippen molar-refractivity contribution in [2.45, 2.75) is 17.9 Å². The number of hydrogen-bond donors (Lipinski definition) is 3. The summed E-state index contributed by atoms with van der Waals surface area (Å²) < 4.78 is 27.1. The van der Waals surface area contributed by atoms with Crippen LogP contribution in [0.4, 0.5) is 17.1 Å². The molecular formula is C15H17N3O5S. The average molecular weight is 351 g/mol. The second kappa shape index (κ2) is 7.28. The molecular weight excluding hydrogens is 334 g/mol. The molecule has 0 aliphatic heterocycles. The third-order valence-corrected chi connectivity index (χ3v) is 4.47. The summed E-state index contributed by atoms with van der Waals surface area (Å²) in [6.45, 7) is 1.64. The highest BCUT2D eigenvalue weighted by atomic mass is 32.2. The van der Waals surface area contributed by atoms with Gasteiger partial charge in [0.2, 0.25) is 0 Å². The number of aliphatic hydroxyl groups is 1. The summed E-state index contributed by atoms with van der Waals surface area (Å²) in [6, 6.07) is 11.8. The number of anilines is 2. The van der Waals surface area contributed by atoms with E-state index in [0.717, 1.165) is 6.07 Å². The number of nitrogens with zero attached hydrogens (tertiary/aromatic N) is 1. The summed E-state index contributed by atoms with van der Waals surface area (Å²) in [5, 5.41) is 23.2. The normalized spacial score (nSPS) is 12.4. The number of nitro benzene ring substituents is 1. The lowest BCUT2D eigenvalue weighted by molar-refractivity contribution is -0.384.